The molecule has 1 aromatic carbocycles. The minimum absolute atomic E-state index is 0. The number of hydrogen-bond acceptors (Lipinski definition) is 2. The molecule has 1 aromatic rings. The van der Waals surface area contributed by atoms with Crippen molar-refractivity contribution in [3.63, 3.8) is 0 Å². The highest BCUT2D eigenvalue weighted by atomic mass is 79.9. The number of rotatable bonds is 5. The molecule has 0 aromatic heterocycles. The van der Waals surface area contributed by atoms with E-state index in [1.807, 2.05) is 12.1 Å². The van der Waals surface area contributed by atoms with Crippen LogP contribution in [0.1, 0.15) is 44.1 Å². The van der Waals surface area contributed by atoms with Gasteiger partial charge in [-0.25, -0.2) is 0 Å². The fraction of sp³-hybridized carbons (Fsp3) is 0.611. The van der Waals surface area contributed by atoms with E-state index in [-0.39, 0.29) is 23.7 Å². The highest BCUT2D eigenvalue weighted by molar-refractivity contribution is 9.10. The average Bonchev–Trinajstić information content (AvgIpc) is 3.20. The maximum Gasteiger partial charge on any atom is 0.230 e. The van der Waals surface area contributed by atoms with Crippen molar-refractivity contribution < 1.29 is 4.79 Å². The molecule has 23 heavy (non-hydrogen) atoms. The van der Waals surface area contributed by atoms with Crippen LogP contribution in [0.5, 0.6) is 0 Å². The zero-order valence-electron chi connectivity index (χ0n) is 13.4. The molecule has 128 valence electrons. The molecule has 2 N–H and O–H groups in total. The first kappa shape index (κ1) is 18.8. The molecule has 2 aliphatic rings. The van der Waals surface area contributed by atoms with Gasteiger partial charge in [0.2, 0.25) is 5.91 Å². The summed E-state index contributed by atoms with van der Waals surface area (Å²) in [5.74, 6) is 0.964. The average molecular weight is 402 g/mol. The van der Waals surface area contributed by atoms with E-state index in [9.17, 15) is 4.79 Å². The monoisotopic (exact) mass is 400 g/mol. The highest BCUT2D eigenvalue weighted by Crippen LogP contribution is 2.41. The molecule has 1 atom stereocenters. The van der Waals surface area contributed by atoms with Gasteiger partial charge in [0.05, 0.1) is 5.41 Å². The van der Waals surface area contributed by atoms with Crippen LogP contribution in [0, 0.1) is 5.92 Å². The predicted molar refractivity (Wildman–Crippen MR) is 100 cm³/mol. The number of amides is 1. The van der Waals surface area contributed by atoms with E-state index >= 15 is 0 Å². The summed E-state index contributed by atoms with van der Waals surface area (Å²) in [4.78, 5) is 12.9. The van der Waals surface area contributed by atoms with Crippen LogP contribution in [0.2, 0.25) is 0 Å². The summed E-state index contributed by atoms with van der Waals surface area (Å²) in [5.41, 5.74) is 0.877. The van der Waals surface area contributed by atoms with Crippen molar-refractivity contribution in [2.45, 2.75) is 43.9 Å². The second-order valence-electron chi connectivity index (χ2n) is 6.70. The van der Waals surface area contributed by atoms with Crippen LogP contribution < -0.4 is 10.6 Å². The van der Waals surface area contributed by atoms with Gasteiger partial charge in [0.15, 0.2) is 0 Å². The van der Waals surface area contributed by atoms with Gasteiger partial charge in [-0.05, 0) is 62.4 Å². The summed E-state index contributed by atoms with van der Waals surface area (Å²) in [6.45, 7) is 3.04. The van der Waals surface area contributed by atoms with Crippen LogP contribution in [0.3, 0.4) is 0 Å². The SMILES string of the molecule is Cl.O=C(NCCC1CCNC1)C1(c2ccc(Br)cc2)CCCC1. The summed E-state index contributed by atoms with van der Waals surface area (Å²) in [5, 5.41) is 6.61. The minimum atomic E-state index is -0.297. The third-order valence-electron chi connectivity index (χ3n) is 5.29. The Morgan fingerprint density at radius 1 is 1.26 bits per heavy atom. The molecule has 1 unspecified atom stereocenters. The molecule has 5 heteroatoms. The molecule has 1 amide bonds. The number of hydrogen-bond donors (Lipinski definition) is 2. The molecule has 1 heterocycles. The molecule has 1 aliphatic heterocycles. The molecule has 0 spiro atoms. The van der Waals surface area contributed by atoms with Gasteiger partial charge in [-0.15, -0.1) is 12.4 Å². The fourth-order valence-corrected chi connectivity index (χ4v) is 4.18. The Labute approximate surface area is 153 Å². The Balaban J connectivity index is 0.00000192. The number of benzene rings is 1. The Bertz CT molecular complexity index is 508. The first-order chi connectivity index (χ1) is 10.7. The molecule has 2 fully saturated rings. The lowest BCUT2D eigenvalue weighted by Crippen LogP contribution is -2.43. The Morgan fingerprint density at radius 2 is 1.96 bits per heavy atom. The van der Waals surface area contributed by atoms with Gasteiger partial charge < -0.3 is 10.6 Å². The van der Waals surface area contributed by atoms with E-state index in [4.69, 9.17) is 0 Å². The smallest absolute Gasteiger partial charge is 0.230 e. The van der Waals surface area contributed by atoms with Gasteiger partial charge in [-0.2, -0.15) is 0 Å². The van der Waals surface area contributed by atoms with E-state index in [0.29, 0.717) is 0 Å². The summed E-state index contributed by atoms with van der Waals surface area (Å²) in [6.07, 6.45) is 6.59. The van der Waals surface area contributed by atoms with Crippen molar-refractivity contribution in [1.29, 1.82) is 0 Å². The molecule has 3 rings (SSSR count). The summed E-state index contributed by atoms with van der Waals surface area (Å²) in [7, 11) is 0. The van der Waals surface area contributed by atoms with Crippen LogP contribution in [0.15, 0.2) is 28.7 Å². The number of nitrogens with one attached hydrogen (secondary N) is 2. The van der Waals surface area contributed by atoms with Crippen molar-refractivity contribution in [3.05, 3.63) is 34.3 Å². The van der Waals surface area contributed by atoms with Crippen LogP contribution in [0.4, 0.5) is 0 Å². The van der Waals surface area contributed by atoms with Crippen LogP contribution in [-0.2, 0) is 10.2 Å². The lowest BCUT2D eigenvalue weighted by molar-refractivity contribution is -0.126. The van der Waals surface area contributed by atoms with E-state index in [0.717, 1.165) is 62.1 Å². The molecule has 1 aliphatic carbocycles. The largest absolute Gasteiger partial charge is 0.355 e. The molecule has 0 radical (unpaired) electrons. The van der Waals surface area contributed by atoms with E-state index in [1.165, 1.54) is 12.0 Å². The van der Waals surface area contributed by atoms with Crippen molar-refractivity contribution in [2.24, 2.45) is 5.92 Å². The highest BCUT2D eigenvalue weighted by Gasteiger charge is 2.42. The predicted octanol–water partition coefficient (Wildman–Crippen LogP) is 3.80. The van der Waals surface area contributed by atoms with Gasteiger partial charge in [0, 0.05) is 11.0 Å². The topological polar surface area (TPSA) is 41.1 Å². The molecule has 1 saturated carbocycles. The molecule has 0 bridgehead atoms. The Kier molecular flexibility index (Phi) is 6.93. The summed E-state index contributed by atoms with van der Waals surface area (Å²) in [6, 6.07) is 8.31. The normalized spacial score (nSPS) is 22.6. The van der Waals surface area contributed by atoms with E-state index in [2.05, 4.69) is 38.7 Å². The Morgan fingerprint density at radius 3 is 2.57 bits per heavy atom. The van der Waals surface area contributed by atoms with E-state index in [1.54, 1.807) is 0 Å². The van der Waals surface area contributed by atoms with Gasteiger partial charge in [-0.3, -0.25) is 4.79 Å². The summed E-state index contributed by atoms with van der Waals surface area (Å²) >= 11 is 3.48. The number of carbonyl (C=O) groups is 1. The van der Waals surface area contributed by atoms with Gasteiger partial charge >= 0.3 is 0 Å². The third kappa shape index (κ3) is 4.28. The third-order valence-corrected chi connectivity index (χ3v) is 5.82. The van der Waals surface area contributed by atoms with Gasteiger partial charge in [-0.1, -0.05) is 40.9 Å². The fourth-order valence-electron chi connectivity index (χ4n) is 3.91. The van der Waals surface area contributed by atoms with Crippen molar-refractivity contribution >= 4 is 34.2 Å². The second kappa shape index (κ2) is 8.50. The van der Waals surface area contributed by atoms with Crippen LogP contribution in [-0.4, -0.2) is 25.5 Å². The number of carbonyl (C=O) groups excluding carboxylic acids is 1. The molecule has 3 nitrogen and oxygen atoms in total. The number of halogens is 2. The van der Waals surface area contributed by atoms with Crippen LogP contribution >= 0.6 is 28.3 Å². The molecular weight excluding hydrogens is 376 g/mol. The second-order valence-corrected chi connectivity index (χ2v) is 7.62. The van der Waals surface area contributed by atoms with Crippen molar-refractivity contribution in [2.75, 3.05) is 19.6 Å². The van der Waals surface area contributed by atoms with Crippen molar-refractivity contribution in [1.82, 2.24) is 10.6 Å². The van der Waals surface area contributed by atoms with Crippen molar-refractivity contribution in [3.8, 4) is 0 Å². The quantitative estimate of drug-likeness (QED) is 0.788. The maximum absolute atomic E-state index is 12.9. The maximum atomic E-state index is 12.9. The zero-order chi connectivity index (χ0) is 15.4. The minimum Gasteiger partial charge on any atom is -0.355 e. The first-order valence-corrected chi connectivity index (χ1v) is 9.25. The van der Waals surface area contributed by atoms with Gasteiger partial charge in [0.25, 0.3) is 0 Å². The Hall–Kier alpha value is -0.580. The zero-order valence-corrected chi connectivity index (χ0v) is 15.8. The van der Waals surface area contributed by atoms with Gasteiger partial charge in [0.1, 0.15) is 0 Å². The van der Waals surface area contributed by atoms with Crippen LogP contribution in [0.25, 0.3) is 0 Å². The van der Waals surface area contributed by atoms with E-state index < -0.39 is 0 Å². The lowest BCUT2D eigenvalue weighted by Gasteiger charge is -2.28. The lowest BCUT2D eigenvalue weighted by atomic mass is 9.78. The summed E-state index contributed by atoms with van der Waals surface area (Å²) < 4.78 is 1.07. The first-order valence-electron chi connectivity index (χ1n) is 8.46. The standard InChI is InChI=1S/C18H25BrN2O.ClH/c19-16-5-3-15(4-6-16)18(9-1-2-10-18)17(22)21-12-8-14-7-11-20-13-14;/h3-6,14,20H,1-2,7-13H2,(H,21,22);1H. The molecule has 1 saturated heterocycles. The molecular formula is C18H26BrClN2O.